The van der Waals surface area contributed by atoms with Crippen molar-refractivity contribution in [3.05, 3.63) is 0 Å². The van der Waals surface area contributed by atoms with E-state index in [0.717, 1.165) is 13.2 Å². The van der Waals surface area contributed by atoms with Gasteiger partial charge in [-0.25, -0.2) is 0 Å². The van der Waals surface area contributed by atoms with Gasteiger partial charge in [0.05, 0.1) is 6.10 Å². The lowest BCUT2D eigenvalue weighted by Crippen LogP contribution is -2.17. The van der Waals surface area contributed by atoms with Crippen LogP contribution in [0.25, 0.3) is 0 Å². The molecule has 0 saturated carbocycles. The fraction of sp³-hybridized carbons (Fsp3) is 1.00. The highest BCUT2D eigenvalue weighted by Gasteiger charge is 1.94. The second kappa shape index (κ2) is 18.0. The van der Waals surface area contributed by atoms with Crippen LogP contribution in [0.2, 0.25) is 0 Å². The zero-order valence-electron chi connectivity index (χ0n) is 15.1. The maximum atomic E-state index is 5.53. The largest absolute Gasteiger partial charge is 0.379 e. The Bertz CT molecular complexity index is 182. The smallest absolute Gasteiger partial charge is 0.0518 e. The molecule has 0 aromatic rings. The standard InChI is InChI=1S/C19H41NO/c1-4-5-6-7-8-9-10-11-12-13-16-20-17-14-15-18-21-19(2)3/h19-20H,4-18H2,1-3H3. The molecule has 0 rings (SSSR count). The van der Waals surface area contributed by atoms with E-state index < -0.39 is 0 Å². The van der Waals surface area contributed by atoms with Gasteiger partial charge >= 0.3 is 0 Å². The molecular formula is C19H41NO. The molecule has 1 N–H and O–H groups in total. The molecule has 0 spiro atoms. The normalized spacial score (nSPS) is 11.4. The van der Waals surface area contributed by atoms with Gasteiger partial charge in [-0.15, -0.1) is 0 Å². The molecule has 128 valence electrons. The van der Waals surface area contributed by atoms with Crippen LogP contribution in [-0.4, -0.2) is 25.8 Å². The Labute approximate surface area is 134 Å². The van der Waals surface area contributed by atoms with Gasteiger partial charge in [-0.2, -0.15) is 0 Å². The van der Waals surface area contributed by atoms with E-state index in [0.29, 0.717) is 6.10 Å². The maximum absolute atomic E-state index is 5.53. The summed E-state index contributed by atoms with van der Waals surface area (Å²) in [6.07, 6.45) is 17.0. The Morgan fingerprint density at radius 3 is 1.67 bits per heavy atom. The monoisotopic (exact) mass is 299 g/mol. The molecule has 2 heteroatoms. The summed E-state index contributed by atoms with van der Waals surface area (Å²) < 4.78 is 5.53. The molecular weight excluding hydrogens is 258 g/mol. The third-order valence-corrected chi connectivity index (χ3v) is 3.91. The van der Waals surface area contributed by atoms with Crippen LogP contribution in [0.5, 0.6) is 0 Å². The van der Waals surface area contributed by atoms with Gasteiger partial charge in [0.15, 0.2) is 0 Å². The van der Waals surface area contributed by atoms with Crippen molar-refractivity contribution < 1.29 is 4.74 Å². The van der Waals surface area contributed by atoms with Crippen molar-refractivity contribution in [2.24, 2.45) is 0 Å². The minimum atomic E-state index is 0.379. The zero-order valence-corrected chi connectivity index (χ0v) is 15.1. The van der Waals surface area contributed by atoms with Gasteiger partial charge in [-0.1, -0.05) is 64.7 Å². The van der Waals surface area contributed by atoms with E-state index in [1.807, 2.05) is 0 Å². The number of nitrogens with one attached hydrogen (secondary N) is 1. The summed E-state index contributed by atoms with van der Waals surface area (Å²) in [6.45, 7) is 9.75. The number of hydrogen-bond donors (Lipinski definition) is 1. The van der Waals surface area contributed by atoms with Crippen molar-refractivity contribution in [1.82, 2.24) is 5.32 Å². The van der Waals surface area contributed by atoms with Crippen LogP contribution in [0.3, 0.4) is 0 Å². The van der Waals surface area contributed by atoms with Crippen molar-refractivity contribution in [3.8, 4) is 0 Å². The molecule has 0 aliphatic carbocycles. The minimum absolute atomic E-state index is 0.379. The van der Waals surface area contributed by atoms with Crippen molar-refractivity contribution in [2.75, 3.05) is 19.7 Å². The second-order valence-corrected chi connectivity index (χ2v) is 6.56. The average Bonchev–Trinajstić information content (AvgIpc) is 2.46. The molecule has 0 aliphatic heterocycles. The second-order valence-electron chi connectivity index (χ2n) is 6.56. The van der Waals surface area contributed by atoms with Crippen molar-refractivity contribution in [3.63, 3.8) is 0 Å². The number of rotatable bonds is 17. The van der Waals surface area contributed by atoms with Gasteiger partial charge in [-0.05, 0) is 46.2 Å². The molecule has 0 fully saturated rings. The molecule has 0 heterocycles. The van der Waals surface area contributed by atoms with E-state index >= 15 is 0 Å². The average molecular weight is 300 g/mol. The summed E-state index contributed by atoms with van der Waals surface area (Å²) in [5.74, 6) is 0. The zero-order chi connectivity index (χ0) is 15.6. The first-order chi connectivity index (χ1) is 10.3. The van der Waals surface area contributed by atoms with Gasteiger partial charge in [0, 0.05) is 6.61 Å². The van der Waals surface area contributed by atoms with Crippen LogP contribution in [0.1, 0.15) is 97.8 Å². The lowest BCUT2D eigenvalue weighted by molar-refractivity contribution is 0.0760. The van der Waals surface area contributed by atoms with Crippen LogP contribution < -0.4 is 5.32 Å². The van der Waals surface area contributed by atoms with E-state index in [1.165, 1.54) is 83.6 Å². The molecule has 0 aliphatic rings. The molecule has 0 saturated heterocycles. The van der Waals surface area contributed by atoms with E-state index in [-0.39, 0.29) is 0 Å². The summed E-state index contributed by atoms with van der Waals surface area (Å²) >= 11 is 0. The predicted octanol–water partition coefficient (Wildman–Crippen LogP) is 5.70. The fourth-order valence-corrected chi connectivity index (χ4v) is 2.53. The highest BCUT2D eigenvalue weighted by Crippen LogP contribution is 2.10. The predicted molar refractivity (Wildman–Crippen MR) is 95.0 cm³/mol. The van der Waals surface area contributed by atoms with Gasteiger partial charge in [-0.3, -0.25) is 0 Å². The van der Waals surface area contributed by atoms with Crippen LogP contribution >= 0.6 is 0 Å². The van der Waals surface area contributed by atoms with Gasteiger partial charge in [0.1, 0.15) is 0 Å². The van der Waals surface area contributed by atoms with E-state index in [1.54, 1.807) is 0 Å². The van der Waals surface area contributed by atoms with E-state index in [4.69, 9.17) is 4.74 Å². The Morgan fingerprint density at radius 2 is 1.14 bits per heavy atom. The molecule has 0 amide bonds. The van der Waals surface area contributed by atoms with Crippen LogP contribution in [-0.2, 0) is 4.74 Å². The van der Waals surface area contributed by atoms with E-state index in [2.05, 4.69) is 26.1 Å². The van der Waals surface area contributed by atoms with Gasteiger partial charge < -0.3 is 10.1 Å². The van der Waals surface area contributed by atoms with Gasteiger partial charge in [0.25, 0.3) is 0 Å². The molecule has 0 aromatic heterocycles. The molecule has 0 atom stereocenters. The van der Waals surface area contributed by atoms with Crippen molar-refractivity contribution >= 4 is 0 Å². The lowest BCUT2D eigenvalue weighted by Gasteiger charge is -2.08. The van der Waals surface area contributed by atoms with Crippen molar-refractivity contribution in [2.45, 2.75) is 104 Å². The molecule has 0 aromatic carbocycles. The van der Waals surface area contributed by atoms with Crippen LogP contribution in [0.15, 0.2) is 0 Å². The summed E-state index contributed by atoms with van der Waals surface area (Å²) in [7, 11) is 0. The Kier molecular flexibility index (Phi) is 17.9. The highest BCUT2D eigenvalue weighted by atomic mass is 16.5. The first-order valence-corrected chi connectivity index (χ1v) is 9.59. The van der Waals surface area contributed by atoms with E-state index in [9.17, 15) is 0 Å². The first kappa shape index (κ1) is 20.9. The lowest BCUT2D eigenvalue weighted by atomic mass is 10.1. The molecule has 2 nitrogen and oxygen atoms in total. The summed E-state index contributed by atoms with van der Waals surface area (Å²) in [5.41, 5.74) is 0. The Hall–Kier alpha value is -0.0800. The molecule has 0 bridgehead atoms. The third-order valence-electron chi connectivity index (χ3n) is 3.91. The number of unbranched alkanes of at least 4 members (excludes halogenated alkanes) is 10. The van der Waals surface area contributed by atoms with Crippen molar-refractivity contribution in [1.29, 1.82) is 0 Å². The van der Waals surface area contributed by atoms with Crippen LogP contribution in [0.4, 0.5) is 0 Å². The number of hydrogen-bond acceptors (Lipinski definition) is 2. The van der Waals surface area contributed by atoms with Crippen LogP contribution in [0, 0.1) is 0 Å². The Balaban J connectivity index is 2.93. The fourth-order valence-electron chi connectivity index (χ4n) is 2.53. The minimum Gasteiger partial charge on any atom is -0.379 e. The summed E-state index contributed by atoms with van der Waals surface area (Å²) in [5, 5.41) is 3.54. The Morgan fingerprint density at radius 1 is 0.667 bits per heavy atom. The topological polar surface area (TPSA) is 21.3 Å². The summed E-state index contributed by atoms with van der Waals surface area (Å²) in [4.78, 5) is 0. The third kappa shape index (κ3) is 19.9. The molecule has 0 radical (unpaired) electrons. The highest BCUT2D eigenvalue weighted by molar-refractivity contribution is 4.51. The molecule has 0 unspecified atom stereocenters. The van der Waals surface area contributed by atoms with Gasteiger partial charge in [0.2, 0.25) is 0 Å². The maximum Gasteiger partial charge on any atom is 0.0518 e. The number of ether oxygens (including phenoxy) is 1. The SMILES string of the molecule is CCCCCCCCCCCCNCCCCOC(C)C. The molecule has 21 heavy (non-hydrogen) atoms. The first-order valence-electron chi connectivity index (χ1n) is 9.59. The quantitative estimate of drug-likeness (QED) is 0.348. The summed E-state index contributed by atoms with van der Waals surface area (Å²) in [6, 6.07) is 0.